The molecule has 1 fully saturated rings. The fourth-order valence-electron chi connectivity index (χ4n) is 3.89. The Bertz CT molecular complexity index is 933. The zero-order valence-electron chi connectivity index (χ0n) is 17.7. The highest BCUT2D eigenvalue weighted by Crippen LogP contribution is 2.35. The van der Waals surface area contributed by atoms with E-state index in [0.717, 1.165) is 37.3 Å². The summed E-state index contributed by atoms with van der Waals surface area (Å²) in [6.45, 7) is 7.34. The SMILES string of the molecule is CCOc1cccc2c1OCC(C(=O)NCc1ccccc1N1CCN(C)CC1)=C2. The summed E-state index contributed by atoms with van der Waals surface area (Å²) in [6, 6.07) is 14.0. The highest BCUT2D eigenvalue weighted by Gasteiger charge is 2.21. The van der Waals surface area contributed by atoms with E-state index < -0.39 is 0 Å². The van der Waals surface area contributed by atoms with Crippen LogP contribution in [0.2, 0.25) is 0 Å². The molecule has 0 saturated carbocycles. The maximum atomic E-state index is 12.8. The molecule has 2 heterocycles. The number of carbonyl (C=O) groups is 1. The van der Waals surface area contributed by atoms with Crippen LogP contribution in [0.5, 0.6) is 11.5 Å². The minimum Gasteiger partial charge on any atom is -0.490 e. The molecule has 6 nitrogen and oxygen atoms in total. The third-order valence-electron chi connectivity index (χ3n) is 5.58. The molecular weight excluding hydrogens is 378 g/mol. The van der Waals surface area contributed by atoms with Crippen LogP contribution < -0.4 is 19.7 Å². The van der Waals surface area contributed by atoms with Crippen molar-refractivity contribution in [2.45, 2.75) is 13.5 Å². The molecule has 158 valence electrons. The molecule has 0 atom stereocenters. The van der Waals surface area contributed by atoms with Gasteiger partial charge in [-0.05, 0) is 37.7 Å². The zero-order valence-corrected chi connectivity index (χ0v) is 17.7. The molecule has 0 unspecified atom stereocenters. The Morgan fingerprint density at radius 1 is 1.10 bits per heavy atom. The van der Waals surface area contributed by atoms with E-state index in [1.807, 2.05) is 37.3 Å². The van der Waals surface area contributed by atoms with Gasteiger partial charge in [0, 0.05) is 44.0 Å². The first-order valence-electron chi connectivity index (χ1n) is 10.5. The van der Waals surface area contributed by atoms with Crippen LogP contribution in [0.15, 0.2) is 48.0 Å². The topological polar surface area (TPSA) is 54.0 Å². The second kappa shape index (κ2) is 9.22. The molecular formula is C24H29N3O3. The molecule has 2 aliphatic heterocycles. The number of nitrogens with one attached hydrogen (secondary N) is 1. The summed E-state index contributed by atoms with van der Waals surface area (Å²) in [6.07, 6.45) is 1.89. The molecule has 1 saturated heterocycles. The first-order chi connectivity index (χ1) is 14.7. The van der Waals surface area contributed by atoms with Crippen molar-refractivity contribution in [2.75, 3.05) is 51.3 Å². The van der Waals surface area contributed by atoms with Crippen molar-refractivity contribution in [2.24, 2.45) is 0 Å². The highest BCUT2D eigenvalue weighted by molar-refractivity contribution is 5.99. The number of benzene rings is 2. The molecule has 0 aromatic heterocycles. The van der Waals surface area contributed by atoms with Gasteiger partial charge in [0.1, 0.15) is 6.61 Å². The molecule has 0 aliphatic carbocycles. The van der Waals surface area contributed by atoms with Gasteiger partial charge in [-0.2, -0.15) is 0 Å². The normalized spacial score (nSPS) is 16.3. The Kier molecular flexibility index (Phi) is 6.23. The van der Waals surface area contributed by atoms with Gasteiger partial charge in [-0.3, -0.25) is 4.79 Å². The van der Waals surface area contributed by atoms with Crippen molar-refractivity contribution in [1.82, 2.24) is 10.2 Å². The molecule has 2 aliphatic rings. The van der Waals surface area contributed by atoms with E-state index in [1.54, 1.807) is 0 Å². The quantitative estimate of drug-likeness (QED) is 0.798. The van der Waals surface area contributed by atoms with Gasteiger partial charge in [0.25, 0.3) is 5.91 Å². The van der Waals surface area contributed by atoms with E-state index in [2.05, 4.69) is 40.4 Å². The molecule has 0 spiro atoms. The van der Waals surface area contributed by atoms with Crippen molar-refractivity contribution < 1.29 is 14.3 Å². The Morgan fingerprint density at radius 3 is 2.70 bits per heavy atom. The number of carbonyl (C=O) groups excluding carboxylic acids is 1. The maximum absolute atomic E-state index is 12.8. The lowest BCUT2D eigenvalue weighted by Gasteiger charge is -2.35. The first-order valence-corrected chi connectivity index (χ1v) is 10.5. The van der Waals surface area contributed by atoms with Gasteiger partial charge in [-0.1, -0.05) is 30.3 Å². The summed E-state index contributed by atoms with van der Waals surface area (Å²) < 4.78 is 11.5. The van der Waals surface area contributed by atoms with Crippen LogP contribution >= 0.6 is 0 Å². The van der Waals surface area contributed by atoms with Gasteiger partial charge in [0.05, 0.1) is 12.2 Å². The van der Waals surface area contributed by atoms with E-state index in [-0.39, 0.29) is 12.5 Å². The highest BCUT2D eigenvalue weighted by atomic mass is 16.5. The summed E-state index contributed by atoms with van der Waals surface area (Å²) in [4.78, 5) is 17.5. The maximum Gasteiger partial charge on any atom is 0.250 e. The number of para-hydroxylation sites is 2. The van der Waals surface area contributed by atoms with Gasteiger partial charge in [-0.25, -0.2) is 0 Å². The lowest BCUT2D eigenvalue weighted by molar-refractivity contribution is -0.117. The predicted molar refractivity (Wildman–Crippen MR) is 119 cm³/mol. The van der Waals surface area contributed by atoms with E-state index in [4.69, 9.17) is 9.47 Å². The third kappa shape index (κ3) is 4.44. The lowest BCUT2D eigenvalue weighted by Crippen LogP contribution is -2.45. The first kappa shape index (κ1) is 20.3. The molecule has 0 radical (unpaired) electrons. The zero-order chi connectivity index (χ0) is 20.9. The van der Waals surface area contributed by atoms with Gasteiger partial charge in [0.15, 0.2) is 11.5 Å². The molecule has 30 heavy (non-hydrogen) atoms. The Balaban J connectivity index is 1.44. The smallest absolute Gasteiger partial charge is 0.250 e. The number of likely N-dealkylation sites (N-methyl/N-ethyl adjacent to an activating group) is 1. The van der Waals surface area contributed by atoms with Crippen molar-refractivity contribution >= 4 is 17.7 Å². The van der Waals surface area contributed by atoms with E-state index in [1.165, 1.54) is 5.69 Å². The van der Waals surface area contributed by atoms with E-state index >= 15 is 0 Å². The summed E-state index contributed by atoms with van der Waals surface area (Å²) in [5.74, 6) is 1.32. The Labute approximate surface area is 178 Å². The van der Waals surface area contributed by atoms with Crippen molar-refractivity contribution in [3.05, 3.63) is 59.2 Å². The molecule has 4 rings (SSSR count). The van der Waals surface area contributed by atoms with Crippen molar-refractivity contribution in [3.8, 4) is 11.5 Å². The monoisotopic (exact) mass is 407 g/mol. The standard InChI is InChI=1S/C24H29N3O3/c1-3-29-22-10-6-8-18-15-20(17-30-23(18)22)24(28)25-16-19-7-4-5-9-21(19)27-13-11-26(2)12-14-27/h4-10,15H,3,11-14,16-17H2,1-2H3,(H,25,28). The molecule has 1 N–H and O–H groups in total. The number of nitrogens with zero attached hydrogens (tertiary/aromatic N) is 2. The van der Waals surface area contributed by atoms with Crippen LogP contribution in [-0.4, -0.2) is 57.2 Å². The van der Waals surface area contributed by atoms with Crippen LogP contribution in [-0.2, 0) is 11.3 Å². The molecule has 1 amide bonds. The van der Waals surface area contributed by atoms with Crippen LogP contribution in [0, 0.1) is 0 Å². The number of fused-ring (bicyclic) bond motifs is 1. The van der Waals surface area contributed by atoms with Gasteiger partial charge >= 0.3 is 0 Å². The summed E-state index contributed by atoms with van der Waals surface area (Å²) >= 11 is 0. The lowest BCUT2D eigenvalue weighted by atomic mass is 10.1. The number of rotatable bonds is 6. The fourth-order valence-corrected chi connectivity index (χ4v) is 3.89. The molecule has 2 aromatic rings. The number of hydrogen-bond donors (Lipinski definition) is 1. The molecule has 0 bridgehead atoms. The summed E-state index contributed by atoms with van der Waals surface area (Å²) in [5.41, 5.74) is 3.82. The Hall–Kier alpha value is -2.99. The van der Waals surface area contributed by atoms with Crippen LogP contribution in [0.4, 0.5) is 5.69 Å². The summed E-state index contributed by atoms with van der Waals surface area (Å²) in [5, 5.41) is 3.07. The van der Waals surface area contributed by atoms with E-state index in [0.29, 0.717) is 30.2 Å². The van der Waals surface area contributed by atoms with Crippen molar-refractivity contribution in [3.63, 3.8) is 0 Å². The second-order valence-electron chi connectivity index (χ2n) is 7.67. The second-order valence-corrected chi connectivity index (χ2v) is 7.67. The number of anilines is 1. The number of hydrogen-bond acceptors (Lipinski definition) is 5. The van der Waals surface area contributed by atoms with Gasteiger partial charge in [-0.15, -0.1) is 0 Å². The largest absolute Gasteiger partial charge is 0.490 e. The van der Waals surface area contributed by atoms with E-state index in [9.17, 15) is 4.79 Å². The number of amides is 1. The Morgan fingerprint density at radius 2 is 1.90 bits per heavy atom. The average molecular weight is 408 g/mol. The van der Waals surface area contributed by atoms with Crippen LogP contribution in [0.25, 0.3) is 6.08 Å². The fraction of sp³-hybridized carbons (Fsp3) is 0.375. The predicted octanol–water partition coefficient (Wildman–Crippen LogP) is 2.93. The third-order valence-corrected chi connectivity index (χ3v) is 5.58. The molecule has 6 heteroatoms. The minimum absolute atomic E-state index is 0.101. The van der Waals surface area contributed by atoms with Gasteiger partial charge in [0.2, 0.25) is 0 Å². The van der Waals surface area contributed by atoms with Crippen molar-refractivity contribution in [1.29, 1.82) is 0 Å². The molecule has 2 aromatic carbocycles. The van der Waals surface area contributed by atoms with Gasteiger partial charge < -0.3 is 24.6 Å². The minimum atomic E-state index is -0.101. The average Bonchev–Trinajstić information content (AvgIpc) is 2.78. The van der Waals surface area contributed by atoms with Crippen LogP contribution in [0.3, 0.4) is 0 Å². The van der Waals surface area contributed by atoms with Crippen LogP contribution in [0.1, 0.15) is 18.1 Å². The summed E-state index contributed by atoms with van der Waals surface area (Å²) in [7, 11) is 2.15. The number of piperazine rings is 1. The number of ether oxygens (including phenoxy) is 2.